The van der Waals surface area contributed by atoms with Crippen LogP contribution in [0.5, 0.6) is 5.75 Å². The highest BCUT2D eigenvalue weighted by atomic mass is 19.3. The number of rotatable bonds is 9. The van der Waals surface area contributed by atoms with E-state index in [1.54, 1.807) is 43.5 Å². The van der Waals surface area contributed by atoms with Crippen LogP contribution < -0.4 is 15.4 Å². The van der Waals surface area contributed by atoms with E-state index in [4.69, 9.17) is 4.74 Å². The Hall–Kier alpha value is -2.67. The molecule has 5 nitrogen and oxygen atoms in total. The topological polar surface area (TPSA) is 59.6 Å². The second-order valence-corrected chi connectivity index (χ2v) is 5.18. The quantitative estimate of drug-likeness (QED) is 0.676. The first-order valence-corrected chi connectivity index (χ1v) is 7.78. The molecule has 0 spiro atoms. The molecule has 0 aliphatic rings. The summed E-state index contributed by atoms with van der Waals surface area (Å²) in [5.74, 6) is -0.124. The van der Waals surface area contributed by atoms with Crippen molar-refractivity contribution in [2.24, 2.45) is 0 Å². The molecule has 0 saturated heterocycles. The van der Waals surface area contributed by atoms with Gasteiger partial charge >= 0.3 is 6.61 Å². The van der Waals surface area contributed by atoms with E-state index in [9.17, 15) is 13.6 Å². The molecule has 0 aromatic heterocycles. The molecule has 0 atom stereocenters. The van der Waals surface area contributed by atoms with Crippen LogP contribution >= 0.6 is 0 Å². The molecule has 0 fully saturated rings. The first-order chi connectivity index (χ1) is 12.1. The summed E-state index contributed by atoms with van der Waals surface area (Å²) in [5.41, 5.74) is 1.77. The summed E-state index contributed by atoms with van der Waals surface area (Å²) < 4.78 is 33.6. The lowest BCUT2D eigenvalue weighted by atomic mass is 10.1. The fraction of sp³-hybridized carbons (Fsp3) is 0.278. The van der Waals surface area contributed by atoms with Gasteiger partial charge in [-0.05, 0) is 42.8 Å². The van der Waals surface area contributed by atoms with Crippen molar-refractivity contribution in [3.8, 4) is 5.75 Å². The van der Waals surface area contributed by atoms with E-state index in [1.807, 2.05) is 0 Å². The van der Waals surface area contributed by atoms with Crippen molar-refractivity contribution in [2.45, 2.75) is 13.0 Å². The summed E-state index contributed by atoms with van der Waals surface area (Å²) in [5, 5.41) is 5.94. The molecule has 0 heterocycles. The van der Waals surface area contributed by atoms with E-state index in [0.29, 0.717) is 30.1 Å². The molecule has 134 valence electrons. The number of halogens is 2. The molecule has 2 aromatic carbocycles. The highest BCUT2D eigenvalue weighted by Crippen LogP contribution is 2.23. The lowest BCUT2D eigenvalue weighted by Gasteiger charge is -2.13. The molecule has 0 radical (unpaired) electrons. The number of methoxy groups -OCH3 is 1. The molecule has 1 amide bonds. The second kappa shape index (κ2) is 9.58. The smallest absolute Gasteiger partial charge is 0.387 e. The highest BCUT2D eigenvalue weighted by molar-refractivity contribution is 6.00. The molecule has 2 N–H and O–H groups in total. The van der Waals surface area contributed by atoms with Gasteiger partial charge in [-0.2, -0.15) is 8.78 Å². The Morgan fingerprint density at radius 3 is 2.52 bits per heavy atom. The van der Waals surface area contributed by atoms with Crippen LogP contribution in [-0.4, -0.2) is 32.8 Å². The van der Waals surface area contributed by atoms with Crippen molar-refractivity contribution in [1.29, 1.82) is 0 Å². The third-order valence-corrected chi connectivity index (χ3v) is 3.34. The number of ether oxygens (including phenoxy) is 2. The van der Waals surface area contributed by atoms with E-state index < -0.39 is 6.61 Å². The zero-order chi connectivity index (χ0) is 18.1. The summed E-state index contributed by atoms with van der Waals surface area (Å²) in [6.07, 6.45) is 0.726. The highest BCUT2D eigenvalue weighted by Gasteiger charge is 2.11. The van der Waals surface area contributed by atoms with Crippen LogP contribution in [0, 0.1) is 0 Å². The average Bonchev–Trinajstić information content (AvgIpc) is 2.60. The van der Waals surface area contributed by atoms with Gasteiger partial charge in [0, 0.05) is 25.9 Å². The molecule has 0 aliphatic heterocycles. The zero-order valence-corrected chi connectivity index (χ0v) is 13.8. The number of alkyl halides is 2. The minimum absolute atomic E-state index is 0.0738. The average molecular weight is 350 g/mol. The number of para-hydroxylation sites is 1. The van der Waals surface area contributed by atoms with Crippen molar-refractivity contribution in [2.75, 3.05) is 25.6 Å². The maximum atomic E-state index is 12.3. The van der Waals surface area contributed by atoms with Crippen molar-refractivity contribution >= 4 is 17.3 Å². The number of hydrogen-bond donors (Lipinski definition) is 2. The van der Waals surface area contributed by atoms with Gasteiger partial charge in [0.05, 0.1) is 11.3 Å². The van der Waals surface area contributed by atoms with E-state index in [0.717, 1.165) is 6.42 Å². The van der Waals surface area contributed by atoms with Crippen molar-refractivity contribution in [3.63, 3.8) is 0 Å². The normalized spacial score (nSPS) is 10.6. The van der Waals surface area contributed by atoms with Gasteiger partial charge in [0.2, 0.25) is 0 Å². The first kappa shape index (κ1) is 18.7. The van der Waals surface area contributed by atoms with Crippen molar-refractivity contribution < 1.29 is 23.0 Å². The molecule has 0 unspecified atom stereocenters. The Kier molecular flexibility index (Phi) is 7.16. The van der Waals surface area contributed by atoms with E-state index >= 15 is 0 Å². The van der Waals surface area contributed by atoms with Crippen LogP contribution in [0.2, 0.25) is 0 Å². The molecule has 2 rings (SSSR count). The fourth-order valence-corrected chi connectivity index (χ4v) is 2.18. The number of benzene rings is 2. The maximum Gasteiger partial charge on any atom is 0.387 e. The number of carbonyl (C=O) groups is 1. The molecule has 0 aliphatic carbocycles. The minimum Gasteiger partial charge on any atom is -0.435 e. The van der Waals surface area contributed by atoms with Gasteiger partial charge in [-0.15, -0.1) is 0 Å². The molecular weight excluding hydrogens is 330 g/mol. The van der Waals surface area contributed by atoms with Crippen LogP contribution in [0.25, 0.3) is 0 Å². The minimum atomic E-state index is -2.86. The lowest BCUT2D eigenvalue weighted by molar-refractivity contribution is -0.0498. The number of nitrogens with one attached hydrogen (secondary N) is 2. The van der Waals surface area contributed by atoms with Gasteiger partial charge in [0.1, 0.15) is 5.75 Å². The van der Waals surface area contributed by atoms with Gasteiger partial charge < -0.3 is 20.1 Å². The number of amides is 1. The maximum absolute atomic E-state index is 12.3. The van der Waals surface area contributed by atoms with E-state index in [-0.39, 0.29) is 11.7 Å². The number of hydrogen-bond acceptors (Lipinski definition) is 4. The second-order valence-electron chi connectivity index (χ2n) is 5.18. The standard InChI is InChI=1S/C18H20F2N2O3/c1-24-12-4-11-21-17(23)15-5-2-3-6-16(15)22-13-7-9-14(10-8-13)25-18(19)20/h2-3,5-10,18,22H,4,11-12H2,1H3,(H,21,23). The van der Waals surface area contributed by atoms with Gasteiger partial charge in [-0.25, -0.2) is 0 Å². The third-order valence-electron chi connectivity index (χ3n) is 3.34. The summed E-state index contributed by atoms with van der Waals surface area (Å²) >= 11 is 0. The molecule has 7 heteroatoms. The van der Waals surface area contributed by atoms with Gasteiger partial charge in [0.25, 0.3) is 5.91 Å². The summed E-state index contributed by atoms with van der Waals surface area (Å²) in [6, 6.07) is 13.1. The first-order valence-electron chi connectivity index (χ1n) is 7.78. The van der Waals surface area contributed by atoms with Crippen LogP contribution in [0.3, 0.4) is 0 Å². The van der Waals surface area contributed by atoms with Crippen LogP contribution in [-0.2, 0) is 4.74 Å². The van der Waals surface area contributed by atoms with Gasteiger partial charge in [-0.1, -0.05) is 12.1 Å². The molecule has 2 aromatic rings. The largest absolute Gasteiger partial charge is 0.435 e. The Labute approximate surface area is 144 Å². The van der Waals surface area contributed by atoms with E-state index in [2.05, 4.69) is 15.4 Å². The number of carbonyl (C=O) groups excluding carboxylic acids is 1. The van der Waals surface area contributed by atoms with Gasteiger partial charge in [-0.3, -0.25) is 4.79 Å². The summed E-state index contributed by atoms with van der Waals surface area (Å²) in [7, 11) is 1.61. The summed E-state index contributed by atoms with van der Waals surface area (Å²) in [6.45, 7) is -1.77. The molecule has 0 bridgehead atoms. The fourth-order valence-electron chi connectivity index (χ4n) is 2.18. The lowest BCUT2D eigenvalue weighted by Crippen LogP contribution is -2.25. The van der Waals surface area contributed by atoms with Crippen LogP contribution in [0.15, 0.2) is 48.5 Å². The predicted molar refractivity (Wildman–Crippen MR) is 91.6 cm³/mol. The molecule has 25 heavy (non-hydrogen) atoms. The predicted octanol–water partition coefficient (Wildman–Crippen LogP) is 3.80. The number of anilines is 2. The van der Waals surface area contributed by atoms with Crippen molar-refractivity contribution in [1.82, 2.24) is 5.32 Å². The van der Waals surface area contributed by atoms with Gasteiger partial charge in [0.15, 0.2) is 0 Å². The third kappa shape index (κ3) is 6.04. The van der Waals surface area contributed by atoms with E-state index in [1.165, 1.54) is 12.1 Å². The Balaban J connectivity index is 2.03. The monoisotopic (exact) mass is 350 g/mol. The Bertz CT molecular complexity index is 678. The Morgan fingerprint density at radius 2 is 1.84 bits per heavy atom. The Morgan fingerprint density at radius 1 is 1.12 bits per heavy atom. The summed E-state index contributed by atoms with van der Waals surface area (Å²) in [4.78, 5) is 12.3. The SMILES string of the molecule is COCCCNC(=O)c1ccccc1Nc1ccc(OC(F)F)cc1. The molecule has 0 saturated carbocycles. The zero-order valence-electron chi connectivity index (χ0n) is 13.8. The van der Waals surface area contributed by atoms with Crippen LogP contribution in [0.1, 0.15) is 16.8 Å². The van der Waals surface area contributed by atoms with Crippen LogP contribution in [0.4, 0.5) is 20.2 Å². The molecular formula is C18H20F2N2O3. The van der Waals surface area contributed by atoms with Crippen molar-refractivity contribution in [3.05, 3.63) is 54.1 Å².